The third kappa shape index (κ3) is 4.93. The first-order chi connectivity index (χ1) is 14.0. The van der Waals surface area contributed by atoms with E-state index in [-0.39, 0.29) is 18.2 Å². The predicted molar refractivity (Wildman–Crippen MR) is 109 cm³/mol. The Kier molecular flexibility index (Phi) is 6.49. The van der Waals surface area contributed by atoms with E-state index in [1.165, 1.54) is 0 Å². The predicted octanol–water partition coefficient (Wildman–Crippen LogP) is 3.25. The molecular formula is C22H24N2O5. The van der Waals surface area contributed by atoms with Crippen molar-refractivity contribution >= 4 is 29.2 Å². The molecular weight excluding hydrogens is 372 g/mol. The number of amides is 2. The normalized spacial score (nSPS) is 15.9. The first-order valence-electron chi connectivity index (χ1n) is 9.63. The number of ether oxygens (including phenoxy) is 2. The molecule has 0 radical (unpaired) electrons. The van der Waals surface area contributed by atoms with E-state index in [1.807, 2.05) is 31.2 Å². The minimum atomic E-state index is -0.446. The highest BCUT2D eigenvalue weighted by Gasteiger charge is 2.35. The molecule has 1 aliphatic heterocycles. The van der Waals surface area contributed by atoms with Gasteiger partial charge in [0.2, 0.25) is 11.8 Å². The fourth-order valence-corrected chi connectivity index (χ4v) is 3.17. The minimum Gasteiger partial charge on any atom is -0.494 e. The highest BCUT2D eigenvalue weighted by Crippen LogP contribution is 2.27. The van der Waals surface area contributed by atoms with Crippen LogP contribution in [0.5, 0.6) is 5.75 Å². The molecule has 0 saturated carbocycles. The summed E-state index contributed by atoms with van der Waals surface area (Å²) in [6.07, 6.45) is 0.153. The maximum absolute atomic E-state index is 12.6. The molecule has 0 unspecified atom stereocenters. The molecule has 1 atom stereocenters. The molecule has 0 aliphatic carbocycles. The van der Waals surface area contributed by atoms with Gasteiger partial charge in [-0.1, -0.05) is 0 Å². The van der Waals surface area contributed by atoms with Crippen LogP contribution in [0.25, 0.3) is 0 Å². The molecule has 29 heavy (non-hydrogen) atoms. The second-order valence-corrected chi connectivity index (χ2v) is 6.62. The monoisotopic (exact) mass is 396 g/mol. The molecule has 2 aromatic carbocycles. The van der Waals surface area contributed by atoms with E-state index in [0.29, 0.717) is 31.0 Å². The highest BCUT2D eigenvalue weighted by molar-refractivity contribution is 6.03. The quantitative estimate of drug-likeness (QED) is 0.726. The van der Waals surface area contributed by atoms with E-state index in [0.717, 1.165) is 11.4 Å². The molecule has 0 aromatic heterocycles. The van der Waals surface area contributed by atoms with Gasteiger partial charge < -0.3 is 19.7 Å². The molecule has 1 heterocycles. The Hall–Kier alpha value is -3.35. The van der Waals surface area contributed by atoms with E-state index in [1.54, 1.807) is 36.1 Å². The summed E-state index contributed by atoms with van der Waals surface area (Å²) in [5.41, 5.74) is 1.73. The van der Waals surface area contributed by atoms with Crippen molar-refractivity contribution in [3.8, 4) is 5.75 Å². The van der Waals surface area contributed by atoms with Crippen LogP contribution in [-0.4, -0.2) is 37.5 Å². The molecule has 7 nitrogen and oxygen atoms in total. The summed E-state index contributed by atoms with van der Waals surface area (Å²) in [6, 6.07) is 13.7. The number of hydrogen-bond acceptors (Lipinski definition) is 5. The van der Waals surface area contributed by atoms with E-state index in [2.05, 4.69) is 5.32 Å². The SMILES string of the molecule is CCOC(=O)c1ccc(NC(=O)[C@@H]2CC(=O)N(c3ccc(OCC)cc3)C2)cc1. The van der Waals surface area contributed by atoms with Gasteiger partial charge in [0.25, 0.3) is 0 Å². The van der Waals surface area contributed by atoms with Crippen LogP contribution >= 0.6 is 0 Å². The van der Waals surface area contributed by atoms with Gasteiger partial charge in [0.15, 0.2) is 0 Å². The standard InChI is InChI=1S/C22H24N2O5/c1-3-28-19-11-9-18(10-12-19)24-14-16(13-20(24)25)21(26)23-17-7-5-15(6-8-17)22(27)29-4-2/h5-12,16H,3-4,13-14H2,1-2H3,(H,23,26)/t16-/m1/s1. The Balaban J connectivity index is 1.60. The Bertz CT molecular complexity index is 877. The summed E-state index contributed by atoms with van der Waals surface area (Å²) in [7, 11) is 0. The van der Waals surface area contributed by atoms with Crippen LogP contribution < -0.4 is 15.0 Å². The topological polar surface area (TPSA) is 84.9 Å². The fraction of sp³-hybridized carbons (Fsp3) is 0.318. The number of hydrogen-bond donors (Lipinski definition) is 1. The average molecular weight is 396 g/mol. The average Bonchev–Trinajstić information content (AvgIpc) is 3.11. The summed E-state index contributed by atoms with van der Waals surface area (Å²) in [4.78, 5) is 38.3. The number of rotatable bonds is 7. The van der Waals surface area contributed by atoms with Gasteiger partial charge in [0.1, 0.15) is 5.75 Å². The number of benzene rings is 2. The van der Waals surface area contributed by atoms with Crippen LogP contribution in [0.1, 0.15) is 30.6 Å². The molecule has 152 valence electrons. The zero-order valence-corrected chi connectivity index (χ0v) is 16.5. The maximum Gasteiger partial charge on any atom is 0.338 e. The third-order valence-electron chi connectivity index (χ3n) is 4.62. The van der Waals surface area contributed by atoms with Gasteiger partial charge in [0, 0.05) is 24.3 Å². The zero-order valence-electron chi connectivity index (χ0n) is 16.5. The van der Waals surface area contributed by atoms with Crippen LogP contribution in [0.15, 0.2) is 48.5 Å². The maximum atomic E-state index is 12.6. The molecule has 7 heteroatoms. The minimum absolute atomic E-state index is 0.0908. The second-order valence-electron chi connectivity index (χ2n) is 6.62. The lowest BCUT2D eigenvalue weighted by Crippen LogP contribution is -2.28. The lowest BCUT2D eigenvalue weighted by molar-refractivity contribution is -0.122. The number of carbonyl (C=O) groups is 3. The first-order valence-corrected chi connectivity index (χ1v) is 9.63. The van der Waals surface area contributed by atoms with Crippen LogP contribution in [0.3, 0.4) is 0 Å². The van der Waals surface area contributed by atoms with Gasteiger partial charge in [-0.25, -0.2) is 4.79 Å². The van der Waals surface area contributed by atoms with Gasteiger partial charge in [-0.2, -0.15) is 0 Å². The largest absolute Gasteiger partial charge is 0.494 e. The van der Waals surface area contributed by atoms with Crippen molar-refractivity contribution < 1.29 is 23.9 Å². The van der Waals surface area contributed by atoms with E-state index < -0.39 is 11.9 Å². The summed E-state index contributed by atoms with van der Waals surface area (Å²) in [5.74, 6) is -0.428. The Morgan fingerprint density at radius 3 is 2.34 bits per heavy atom. The Labute approximate surface area is 169 Å². The summed E-state index contributed by atoms with van der Waals surface area (Å²) in [5, 5.41) is 2.81. The van der Waals surface area contributed by atoms with Crippen LogP contribution in [0, 0.1) is 5.92 Å². The van der Waals surface area contributed by atoms with Gasteiger partial charge in [-0.05, 0) is 62.4 Å². The van der Waals surface area contributed by atoms with Gasteiger partial charge in [-0.15, -0.1) is 0 Å². The second kappa shape index (κ2) is 9.23. The molecule has 1 N–H and O–H groups in total. The van der Waals surface area contributed by atoms with Crippen molar-refractivity contribution in [2.75, 3.05) is 30.0 Å². The Morgan fingerprint density at radius 1 is 1.03 bits per heavy atom. The molecule has 1 saturated heterocycles. The number of nitrogens with zero attached hydrogens (tertiary/aromatic N) is 1. The summed E-state index contributed by atoms with van der Waals surface area (Å²) < 4.78 is 10.4. The van der Waals surface area contributed by atoms with E-state index in [9.17, 15) is 14.4 Å². The summed E-state index contributed by atoms with van der Waals surface area (Å²) >= 11 is 0. The molecule has 2 amide bonds. The summed E-state index contributed by atoms with van der Waals surface area (Å²) in [6.45, 7) is 4.85. The van der Waals surface area contributed by atoms with Crippen molar-refractivity contribution in [1.82, 2.24) is 0 Å². The van der Waals surface area contributed by atoms with Crippen molar-refractivity contribution in [2.24, 2.45) is 5.92 Å². The number of nitrogens with one attached hydrogen (secondary N) is 1. The lowest BCUT2D eigenvalue weighted by Gasteiger charge is -2.17. The van der Waals surface area contributed by atoms with Crippen LogP contribution in [0.4, 0.5) is 11.4 Å². The number of carbonyl (C=O) groups excluding carboxylic acids is 3. The van der Waals surface area contributed by atoms with Crippen LogP contribution in [0.2, 0.25) is 0 Å². The fourth-order valence-electron chi connectivity index (χ4n) is 3.17. The van der Waals surface area contributed by atoms with Crippen molar-refractivity contribution in [1.29, 1.82) is 0 Å². The number of esters is 1. The van der Waals surface area contributed by atoms with Gasteiger partial charge >= 0.3 is 5.97 Å². The first kappa shape index (κ1) is 20.4. The molecule has 0 spiro atoms. The van der Waals surface area contributed by atoms with E-state index >= 15 is 0 Å². The van der Waals surface area contributed by atoms with Gasteiger partial charge in [-0.3, -0.25) is 9.59 Å². The van der Waals surface area contributed by atoms with Gasteiger partial charge in [0.05, 0.1) is 24.7 Å². The smallest absolute Gasteiger partial charge is 0.338 e. The van der Waals surface area contributed by atoms with Crippen LogP contribution in [-0.2, 0) is 14.3 Å². The lowest BCUT2D eigenvalue weighted by atomic mass is 10.1. The van der Waals surface area contributed by atoms with Crippen molar-refractivity contribution in [3.63, 3.8) is 0 Å². The zero-order chi connectivity index (χ0) is 20.8. The van der Waals surface area contributed by atoms with Crippen molar-refractivity contribution in [3.05, 3.63) is 54.1 Å². The number of anilines is 2. The molecule has 0 bridgehead atoms. The Morgan fingerprint density at radius 2 is 1.72 bits per heavy atom. The van der Waals surface area contributed by atoms with Crippen molar-refractivity contribution in [2.45, 2.75) is 20.3 Å². The van der Waals surface area contributed by atoms with E-state index in [4.69, 9.17) is 9.47 Å². The molecule has 1 fully saturated rings. The molecule has 1 aliphatic rings. The molecule has 2 aromatic rings. The highest BCUT2D eigenvalue weighted by atomic mass is 16.5. The molecule has 3 rings (SSSR count). The third-order valence-corrected chi connectivity index (χ3v) is 4.62.